The van der Waals surface area contributed by atoms with Gasteiger partial charge in [0, 0.05) is 56.0 Å². The minimum Gasteiger partial charge on any atom is -0.444 e. The van der Waals surface area contributed by atoms with Gasteiger partial charge in [-0.25, -0.2) is 17.6 Å². The van der Waals surface area contributed by atoms with Gasteiger partial charge < -0.3 is 30.1 Å². The maximum absolute atomic E-state index is 14.8. The number of carbonyl (C=O) groups excluding carboxylic acids is 5. The van der Waals surface area contributed by atoms with E-state index in [9.17, 15) is 36.8 Å². The summed E-state index contributed by atoms with van der Waals surface area (Å²) in [6.07, 6.45) is -0.132. The molecule has 2 saturated carbocycles. The Balaban J connectivity index is 0.00000585. The molecule has 15 nitrogen and oxygen atoms in total. The maximum Gasteiger partial charge on any atom is 0.410 e. The summed E-state index contributed by atoms with van der Waals surface area (Å²) in [5, 5.41) is 5.52. The number of nitrogens with one attached hydrogen (secondary N) is 3. The number of rotatable bonds is 11. The first-order chi connectivity index (χ1) is 27.4. The van der Waals surface area contributed by atoms with Gasteiger partial charge in [0.15, 0.2) is 0 Å². The second-order valence-corrected chi connectivity index (χ2v) is 19.5. The third-order valence-corrected chi connectivity index (χ3v) is 14.0. The van der Waals surface area contributed by atoms with Crippen molar-refractivity contribution in [1.29, 1.82) is 0 Å². The first kappa shape index (κ1) is 43.8. The highest BCUT2D eigenvalue weighted by Gasteiger charge is 2.62. The van der Waals surface area contributed by atoms with Gasteiger partial charge in [-0.3, -0.25) is 28.8 Å². The third kappa shape index (κ3) is 9.20. The molecule has 0 aromatic heterocycles. The van der Waals surface area contributed by atoms with E-state index in [0.29, 0.717) is 54.7 Å². The summed E-state index contributed by atoms with van der Waals surface area (Å²) in [7, 11) is -1.89. The predicted molar refractivity (Wildman–Crippen MR) is 219 cm³/mol. The normalized spacial score (nSPS) is 24.7. The zero-order valence-electron chi connectivity index (χ0n) is 33.8. The van der Waals surface area contributed by atoms with E-state index in [0.717, 1.165) is 13.1 Å². The number of fused-ring (bicyclic) bond motifs is 1. The van der Waals surface area contributed by atoms with Gasteiger partial charge in [0.1, 0.15) is 29.5 Å². The Labute approximate surface area is 346 Å². The van der Waals surface area contributed by atoms with E-state index >= 15 is 0 Å². The number of sulfonamides is 1. The number of hydrogen-bond donors (Lipinski definition) is 3. The van der Waals surface area contributed by atoms with Crippen molar-refractivity contribution in [2.45, 2.75) is 109 Å². The zero-order valence-corrected chi connectivity index (χ0v) is 34.6. The molecule has 2 aromatic rings. The highest BCUT2D eigenvalue weighted by Crippen LogP contribution is 2.47. The number of likely N-dealkylation sites (tertiary alicyclic amines) is 1. The first-order valence-corrected chi connectivity index (χ1v) is 21.7. The number of piperazine rings is 1. The van der Waals surface area contributed by atoms with E-state index in [1.165, 1.54) is 15.9 Å². The third-order valence-electron chi connectivity index (χ3n) is 12.2. The van der Waals surface area contributed by atoms with E-state index in [1.54, 1.807) is 41.3 Å². The van der Waals surface area contributed by atoms with Crippen LogP contribution in [-0.4, -0.2) is 126 Å². The Morgan fingerprint density at radius 2 is 1.68 bits per heavy atom. The number of carbonyl (C=O) groups is 5. The van der Waals surface area contributed by atoms with Crippen molar-refractivity contribution < 1.29 is 41.5 Å². The van der Waals surface area contributed by atoms with Crippen molar-refractivity contribution in [3.63, 3.8) is 0 Å². The second kappa shape index (κ2) is 16.7. The predicted octanol–water partition coefficient (Wildman–Crippen LogP) is 3.69. The molecule has 2 aromatic carbocycles. The molecule has 5 amide bonds. The summed E-state index contributed by atoms with van der Waals surface area (Å²) < 4.78 is 48.2. The molecule has 2 saturated heterocycles. The number of benzene rings is 2. The Hall–Kier alpha value is -4.77. The summed E-state index contributed by atoms with van der Waals surface area (Å²) in [5.41, 5.74) is -0.179. The van der Waals surface area contributed by atoms with Crippen molar-refractivity contribution in [2.24, 2.45) is 11.3 Å². The van der Waals surface area contributed by atoms with Crippen LogP contribution in [0.25, 0.3) is 0 Å². The molecule has 0 unspecified atom stereocenters. The van der Waals surface area contributed by atoms with Gasteiger partial charge >= 0.3 is 6.09 Å². The van der Waals surface area contributed by atoms with Crippen molar-refractivity contribution >= 4 is 45.4 Å². The van der Waals surface area contributed by atoms with Crippen LogP contribution in [0.15, 0.2) is 42.5 Å². The van der Waals surface area contributed by atoms with Crippen LogP contribution in [0, 0.1) is 17.2 Å². The molecule has 0 bridgehead atoms. The molecule has 3 heterocycles. The molecule has 5 atom stereocenters. The van der Waals surface area contributed by atoms with Gasteiger partial charge in [0.2, 0.25) is 21.8 Å². The van der Waals surface area contributed by atoms with Crippen molar-refractivity contribution in [1.82, 2.24) is 29.6 Å². The lowest BCUT2D eigenvalue weighted by Crippen LogP contribution is -2.58. The van der Waals surface area contributed by atoms with Crippen LogP contribution in [0.2, 0.25) is 0 Å². The van der Waals surface area contributed by atoms with Gasteiger partial charge in [-0.1, -0.05) is 59.7 Å². The molecule has 0 spiro atoms. The molecule has 3 N–H and O–H groups in total. The highest BCUT2D eigenvalue weighted by atomic mass is 32.2. The zero-order chi connectivity index (χ0) is 41.7. The smallest absolute Gasteiger partial charge is 0.410 e. The van der Waals surface area contributed by atoms with Crippen LogP contribution >= 0.6 is 0 Å². The summed E-state index contributed by atoms with van der Waals surface area (Å²) in [6, 6.07) is 9.45. The SMILES string of the molecule is C.CC[C@@H]1C[C@]1(NC(=O)[C@@H]1C[C@@H](OC(=O)N2Cc3cccc(F)c3C2)CN1C(=O)[C@@H](Nc1cccc(C(=O)N2CCN(C)CC2)c1)C(C)(C)C)C(=O)NS(=O)(=O)C1CC1. The Morgan fingerprint density at radius 1 is 0.983 bits per heavy atom. The van der Waals surface area contributed by atoms with Gasteiger partial charge in [-0.15, -0.1) is 0 Å². The Kier molecular flexibility index (Phi) is 12.4. The molecule has 17 heteroatoms. The minimum absolute atomic E-state index is 0. The van der Waals surface area contributed by atoms with Crippen LogP contribution in [0.1, 0.15) is 88.7 Å². The highest BCUT2D eigenvalue weighted by molar-refractivity contribution is 7.91. The number of anilines is 1. The fraction of sp³-hybridized carbons (Fsp3) is 0.595. The standard InChI is InChI=1S/C41H54FN7O8S.CH4/c1-6-27-21-41(27,38(53)45-58(55,56)30-13-14-30)44-35(50)33-20-29(57-39(54)48-22-26-10-8-12-32(42)31(26)24-48)23-49(33)37(52)34(40(2,3)4)43-28-11-7-9-25(19-28)36(51)47-17-15-46(5)16-18-47;/h7-12,19,27,29-30,33-34,43H,6,13-18,20-24H2,1-5H3,(H,44,50)(H,45,53);1H4/t27-,29-,33+,34-,41-;/m1./s1. The van der Waals surface area contributed by atoms with Gasteiger partial charge in [-0.05, 0) is 67.5 Å². The lowest BCUT2D eigenvalue weighted by Gasteiger charge is -2.36. The maximum atomic E-state index is 14.8. The van der Waals surface area contributed by atoms with E-state index in [-0.39, 0.29) is 51.7 Å². The summed E-state index contributed by atoms with van der Waals surface area (Å²) in [5.74, 6) is -2.83. The molecule has 4 fully saturated rings. The molecule has 0 radical (unpaired) electrons. The number of nitrogens with zero attached hydrogens (tertiary/aromatic N) is 4. The molecular weight excluding hydrogens is 782 g/mol. The van der Waals surface area contributed by atoms with Crippen molar-refractivity contribution in [3.05, 3.63) is 65.0 Å². The molecule has 59 heavy (non-hydrogen) atoms. The van der Waals surface area contributed by atoms with Gasteiger partial charge in [-0.2, -0.15) is 0 Å². The lowest BCUT2D eigenvalue weighted by atomic mass is 9.85. The molecule has 322 valence electrons. The Bertz CT molecular complexity index is 2080. The average Bonchev–Trinajstić information content (AvgIpc) is 4.07. The van der Waals surface area contributed by atoms with Crippen molar-refractivity contribution in [3.8, 4) is 0 Å². The number of hydrogen-bond acceptors (Lipinski definition) is 10. The molecule has 7 rings (SSSR count). The van der Waals surface area contributed by atoms with E-state index in [4.69, 9.17) is 4.74 Å². The molecule has 5 aliphatic rings. The van der Waals surface area contributed by atoms with E-state index in [2.05, 4.69) is 20.3 Å². The topological polar surface area (TPSA) is 178 Å². The van der Waals surface area contributed by atoms with Crippen LogP contribution in [0.5, 0.6) is 0 Å². The van der Waals surface area contributed by atoms with E-state index in [1.807, 2.05) is 34.7 Å². The largest absolute Gasteiger partial charge is 0.444 e. The summed E-state index contributed by atoms with van der Waals surface area (Å²) in [4.78, 5) is 76.5. The average molecular weight is 840 g/mol. The quantitative estimate of drug-likeness (QED) is 0.303. The molecule has 2 aliphatic carbocycles. The van der Waals surface area contributed by atoms with Crippen LogP contribution in [0.3, 0.4) is 0 Å². The second-order valence-electron chi connectivity index (χ2n) is 17.5. The fourth-order valence-corrected chi connectivity index (χ4v) is 9.68. The number of halogens is 1. The summed E-state index contributed by atoms with van der Waals surface area (Å²) in [6.45, 7) is 10.2. The molecule has 3 aliphatic heterocycles. The number of likely N-dealkylation sites (N-methyl/N-ethyl adjacent to an activating group) is 1. The number of ether oxygens (including phenoxy) is 1. The van der Waals surface area contributed by atoms with Crippen molar-refractivity contribution in [2.75, 3.05) is 45.1 Å². The molecular formula is C42H58FN7O8S. The van der Waals surface area contributed by atoms with E-state index < -0.39 is 74.0 Å². The van der Waals surface area contributed by atoms with Crippen LogP contribution in [-0.2, 0) is 42.2 Å². The fourth-order valence-electron chi connectivity index (χ4n) is 8.31. The monoisotopic (exact) mass is 839 g/mol. The van der Waals surface area contributed by atoms with Gasteiger partial charge in [0.05, 0.1) is 18.3 Å². The first-order valence-electron chi connectivity index (χ1n) is 20.1. The Morgan fingerprint density at radius 3 is 2.31 bits per heavy atom. The van der Waals surface area contributed by atoms with Crippen LogP contribution in [0.4, 0.5) is 14.9 Å². The van der Waals surface area contributed by atoms with Crippen LogP contribution < -0.4 is 15.4 Å². The lowest BCUT2D eigenvalue weighted by molar-refractivity contribution is -0.141. The van der Waals surface area contributed by atoms with Gasteiger partial charge in [0.25, 0.3) is 11.8 Å². The number of amides is 5. The minimum atomic E-state index is -3.90. The summed E-state index contributed by atoms with van der Waals surface area (Å²) >= 11 is 0.